The number of rotatable bonds is 5. The van der Waals surface area contributed by atoms with Crippen LogP contribution in [0.25, 0.3) is 11.0 Å². The standard InChI is InChI=1S/C17H21N5O2/c1-11-16-14(21(3)19-11)10-22(20-16)12(2)17(23)18-9-13-7-5-6-8-15(13)24-4/h5-8,10,12H,9H2,1-4H3,(H,18,23). The van der Waals surface area contributed by atoms with Crippen LogP contribution in [-0.2, 0) is 18.4 Å². The van der Waals surface area contributed by atoms with Gasteiger partial charge in [0.05, 0.1) is 19.0 Å². The van der Waals surface area contributed by atoms with Crippen LogP contribution in [0.1, 0.15) is 24.2 Å². The van der Waals surface area contributed by atoms with Crippen molar-refractivity contribution in [3.8, 4) is 5.75 Å². The number of aromatic nitrogens is 4. The lowest BCUT2D eigenvalue weighted by Gasteiger charge is -2.14. The average molecular weight is 327 g/mol. The van der Waals surface area contributed by atoms with E-state index in [2.05, 4.69) is 15.5 Å². The molecule has 0 bridgehead atoms. The lowest BCUT2D eigenvalue weighted by molar-refractivity contribution is -0.124. The van der Waals surface area contributed by atoms with E-state index in [9.17, 15) is 4.79 Å². The van der Waals surface area contributed by atoms with Crippen LogP contribution in [-0.4, -0.2) is 32.6 Å². The Morgan fingerprint density at radius 2 is 2.08 bits per heavy atom. The van der Waals surface area contributed by atoms with Gasteiger partial charge in [-0.2, -0.15) is 10.2 Å². The van der Waals surface area contributed by atoms with Gasteiger partial charge in [0.25, 0.3) is 0 Å². The molecular weight excluding hydrogens is 306 g/mol. The minimum absolute atomic E-state index is 0.0978. The SMILES string of the molecule is COc1ccccc1CNC(=O)C(C)n1cc2c(n1)c(C)nn2C. The minimum Gasteiger partial charge on any atom is -0.496 e. The van der Waals surface area contributed by atoms with Crippen LogP contribution in [0, 0.1) is 6.92 Å². The molecule has 7 heteroatoms. The molecule has 2 aromatic heterocycles. The van der Waals surface area contributed by atoms with Crippen molar-refractivity contribution >= 4 is 16.9 Å². The van der Waals surface area contributed by atoms with E-state index in [4.69, 9.17) is 4.74 Å². The molecule has 0 aliphatic rings. The minimum atomic E-state index is -0.411. The van der Waals surface area contributed by atoms with E-state index in [1.54, 1.807) is 16.5 Å². The molecule has 0 saturated carbocycles. The second-order valence-electron chi connectivity index (χ2n) is 5.76. The molecule has 1 N–H and O–H groups in total. The molecule has 0 spiro atoms. The first kappa shape index (κ1) is 16.0. The summed E-state index contributed by atoms with van der Waals surface area (Å²) in [6.07, 6.45) is 1.85. The maximum Gasteiger partial charge on any atom is 0.244 e. The molecule has 0 aliphatic carbocycles. The van der Waals surface area contributed by atoms with Gasteiger partial charge in [-0.25, -0.2) is 0 Å². The van der Waals surface area contributed by atoms with Crippen LogP contribution in [0.2, 0.25) is 0 Å². The predicted octanol–water partition coefficient (Wildman–Crippen LogP) is 1.96. The monoisotopic (exact) mass is 327 g/mol. The van der Waals surface area contributed by atoms with Crippen LogP contribution in [0.4, 0.5) is 0 Å². The summed E-state index contributed by atoms with van der Waals surface area (Å²) in [5.41, 5.74) is 3.53. The third kappa shape index (κ3) is 2.84. The molecule has 0 fully saturated rings. The molecule has 0 saturated heterocycles. The van der Waals surface area contributed by atoms with Gasteiger partial charge in [0.15, 0.2) is 0 Å². The molecule has 126 valence electrons. The van der Waals surface area contributed by atoms with E-state index in [0.717, 1.165) is 28.0 Å². The van der Waals surface area contributed by atoms with E-state index in [-0.39, 0.29) is 5.91 Å². The second-order valence-corrected chi connectivity index (χ2v) is 5.76. The average Bonchev–Trinajstić information content (AvgIpc) is 3.14. The summed E-state index contributed by atoms with van der Waals surface area (Å²) >= 11 is 0. The third-order valence-electron chi connectivity index (χ3n) is 4.13. The van der Waals surface area contributed by atoms with Crippen molar-refractivity contribution in [1.82, 2.24) is 24.9 Å². The third-order valence-corrected chi connectivity index (χ3v) is 4.13. The fourth-order valence-electron chi connectivity index (χ4n) is 2.70. The number of hydrogen-bond acceptors (Lipinski definition) is 4. The highest BCUT2D eigenvalue weighted by Crippen LogP contribution is 2.19. The Labute approximate surface area is 140 Å². The predicted molar refractivity (Wildman–Crippen MR) is 90.8 cm³/mol. The number of carbonyl (C=O) groups is 1. The van der Waals surface area contributed by atoms with Crippen molar-refractivity contribution in [2.45, 2.75) is 26.4 Å². The van der Waals surface area contributed by atoms with Gasteiger partial charge in [-0.1, -0.05) is 18.2 Å². The zero-order valence-electron chi connectivity index (χ0n) is 14.3. The first-order valence-corrected chi connectivity index (χ1v) is 7.79. The molecule has 1 unspecified atom stereocenters. The number of para-hydroxylation sites is 1. The van der Waals surface area contributed by atoms with Crippen molar-refractivity contribution in [2.24, 2.45) is 7.05 Å². The summed E-state index contributed by atoms with van der Waals surface area (Å²) in [5, 5.41) is 11.7. The van der Waals surface area contributed by atoms with Gasteiger partial charge in [-0.3, -0.25) is 14.2 Å². The van der Waals surface area contributed by atoms with E-state index < -0.39 is 6.04 Å². The summed E-state index contributed by atoms with van der Waals surface area (Å²) in [6.45, 7) is 4.15. The van der Waals surface area contributed by atoms with E-state index >= 15 is 0 Å². The zero-order valence-corrected chi connectivity index (χ0v) is 14.3. The second kappa shape index (κ2) is 6.35. The van der Waals surface area contributed by atoms with Crippen molar-refractivity contribution in [2.75, 3.05) is 7.11 Å². The number of aryl methyl sites for hydroxylation is 2. The van der Waals surface area contributed by atoms with E-state index in [1.165, 1.54) is 0 Å². The molecular formula is C17H21N5O2. The lowest BCUT2D eigenvalue weighted by atomic mass is 10.2. The number of amides is 1. The number of methoxy groups -OCH3 is 1. The number of fused-ring (bicyclic) bond motifs is 1. The Morgan fingerprint density at radius 3 is 2.79 bits per heavy atom. The molecule has 0 aliphatic heterocycles. The van der Waals surface area contributed by atoms with Gasteiger partial charge in [0, 0.05) is 19.2 Å². The summed E-state index contributed by atoms with van der Waals surface area (Å²) in [7, 11) is 3.49. The number of carbonyl (C=O) groups excluding carboxylic acids is 1. The first-order valence-electron chi connectivity index (χ1n) is 7.79. The van der Waals surface area contributed by atoms with Crippen LogP contribution in [0.15, 0.2) is 30.5 Å². The zero-order chi connectivity index (χ0) is 17.3. The fourth-order valence-corrected chi connectivity index (χ4v) is 2.70. The highest BCUT2D eigenvalue weighted by Gasteiger charge is 2.19. The van der Waals surface area contributed by atoms with Crippen LogP contribution < -0.4 is 10.1 Å². The maximum atomic E-state index is 12.4. The Morgan fingerprint density at radius 1 is 1.33 bits per heavy atom. The molecule has 7 nitrogen and oxygen atoms in total. The Hall–Kier alpha value is -2.83. The lowest BCUT2D eigenvalue weighted by Crippen LogP contribution is -2.31. The first-order chi connectivity index (χ1) is 11.5. The van der Waals surface area contributed by atoms with E-state index in [1.807, 2.05) is 51.4 Å². The topological polar surface area (TPSA) is 74.0 Å². The quantitative estimate of drug-likeness (QED) is 0.777. The van der Waals surface area contributed by atoms with Crippen molar-refractivity contribution in [3.63, 3.8) is 0 Å². The molecule has 1 amide bonds. The molecule has 0 radical (unpaired) electrons. The molecule has 1 aromatic carbocycles. The molecule has 24 heavy (non-hydrogen) atoms. The highest BCUT2D eigenvalue weighted by atomic mass is 16.5. The normalized spacial score (nSPS) is 12.3. The number of nitrogens with zero attached hydrogens (tertiary/aromatic N) is 4. The van der Waals surface area contributed by atoms with Gasteiger partial charge in [0.1, 0.15) is 22.8 Å². The Balaban J connectivity index is 1.73. The number of hydrogen-bond donors (Lipinski definition) is 1. The Bertz CT molecular complexity index is 846. The van der Waals surface area contributed by atoms with Gasteiger partial charge < -0.3 is 10.1 Å². The van der Waals surface area contributed by atoms with Crippen molar-refractivity contribution in [3.05, 3.63) is 41.7 Å². The summed E-state index contributed by atoms with van der Waals surface area (Å²) in [5.74, 6) is 0.663. The summed E-state index contributed by atoms with van der Waals surface area (Å²) in [6, 6.07) is 7.22. The number of ether oxygens (including phenoxy) is 1. The van der Waals surface area contributed by atoms with Crippen molar-refractivity contribution in [1.29, 1.82) is 0 Å². The number of nitrogens with one attached hydrogen (secondary N) is 1. The highest BCUT2D eigenvalue weighted by molar-refractivity contribution is 5.81. The van der Waals surface area contributed by atoms with Crippen molar-refractivity contribution < 1.29 is 9.53 Å². The van der Waals surface area contributed by atoms with Gasteiger partial charge in [-0.05, 0) is 19.9 Å². The summed E-state index contributed by atoms with van der Waals surface area (Å²) < 4.78 is 8.75. The Kier molecular flexibility index (Phi) is 4.24. The van der Waals surface area contributed by atoms with Crippen LogP contribution >= 0.6 is 0 Å². The van der Waals surface area contributed by atoms with Crippen LogP contribution in [0.3, 0.4) is 0 Å². The largest absolute Gasteiger partial charge is 0.496 e. The fraction of sp³-hybridized carbons (Fsp3) is 0.353. The van der Waals surface area contributed by atoms with Gasteiger partial charge in [-0.15, -0.1) is 0 Å². The molecule has 1 atom stereocenters. The maximum absolute atomic E-state index is 12.4. The smallest absolute Gasteiger partial charge is 0.244 e. The van der Waals surface area contributed by atoms with Gasteiger partial charge in [0.2, 0.25) is 5.91 Å². The number of benzene rings is 1. The molecule has 2 heterocycles. The van der Waals surface area contributed by atoms with Gasteiger partial charge >= 0.3 is 0 Å². The summed E-state index contributed by atoms with van der Waals surface area (Å²) in [4.78, 5) is 12.4. The van der Waals surface area contributed by atoms with E-state index in [0.29, 0.717) is 6.54 Å². The van der Waals surface area contributed by atoms with Crippen LogP contribution in [0.5, 0.6) is 5.75 Å². The molecule has 3 rings (SSSR count). The molecule has 3 aromatic rings.